The Morgan fingerprint density at radius 1 is 1.19 bits per heavy atom. The van der Waals surface area contributed by atoms with Gasteiger partial charge in [-0.15, -0.1) is 0 Å². The Kier molecular flexibility index (Phi) is 7.17. The molecule has 0 radical (unpaired) electrons. The summed E-state index contributed by atoms with van der Waals surface area (Å²) < 4.78 is 5.60. The van der Waals surface area contributed by atoms with Crippen molar-refractivity contribution >= 4 is 35.3 Å². The highest BCUT2D eigenvalue weighted by molar-refractivity contribution is 6.39. The quantitative estimate of drug-likeness (QED) is 0.462. The smallest absolute Gasteiger partial charge is 0.329 e. The number of nitrogens with zero attached hydrogens (tertiary/aromatic N) is 1. The van der Waals surface area contributed by atoms with Gasteiger partial charge in [0.25, 0.3) is 0 Å². The third kappa shape index (κ3) is 5.60. The number of halogens is 1. The van der Waals surface area contributed by atoms with Crippen molar-refractivity contribution in [1.82, 2.24) is 5.43 Å². The molecule has 7 heteroatoms. The average Bonchev–Trinajstić information content (AvgIpc) is 2.62. The Morgan fingerprint density at radius 2 is 1.96 bits per heavy atom. The molecule has 2 rings (SSSR count). The lowest BCUT2D eigenvalue weighted by Gasteiger charge is -2.08. The number of carbonyl (C=O) groups is 2. The van der Waals surface area contributed by atoms with Crippen molar-refractivity contribution in [1.29, 1.82) is 0 Å². The number of carbonyl (C=O) groups excluding carboxylic acids is 2. The second-order valence-corrected chi connectivity index (χ2v) is 5.94. The summed E-state index contributed by atoms with van der Waals surface area (Å²) in [5.41, 5.74) is 4.22. The zero-order chi connectivity index (χ0) is 18.9. The van der Waals surface area contributed by atoms with Crippen molar-refractivity contribution < 1.29 is 14.3 Å². The van der Waals surface area contributed by atoms with E-state index in [-0.39, 0.29) is 0 Å². The summed E-state index contributed by atoms with van der Waals surface area (Å²) in [6.07, 6.45) is 2.24. The molecular weight excluding hydrogens is 354 g/mol. The number of rotatable bonds is 6. The minimum Gasteiger partial charge on any atom is -0.493 e. The zero-order valence-electron chi connectivity index (χ0n) is 14.6. The molecular formula is C19H20ClN3O3. The molecule has 0 saturated carbocycles. The summed E-state index contributed by atoms with van der Waals surface area (Å²) in [5.74, 6) is -1.08. The van der Waals surface area contributed by atoms with E-state index < -0.39 is 11.8 Å². The SMILES string of the molecule is CCCOc1ccc(Cl)cc1/C=N\NC(=O)C(=O)Nc1ccccc1C. The summed E-state index contributed by atoms with van der Waals surface area (Å²) in [5, 5.41) is 6.86. The Morgan fingerprint density at radius 3 is 2.69 bits per heavy atom. The van der Waals surface area contributed by atoms with Gasteiger partial charge < -0.3 is 10.1 Å². The summed E-state index contributed by atoms with van der Waals surface area (Å²) in [4.78, 5) is 23.8. The molecule has 6 nitrogen and oxygen atoms in total. The maximum atomic E-state index is 11.9. The van der Waals surface area contributed by atoms with Crippen LogP contribution in [0.4, 0.5) is 5.69 Å². The summed E-state index contributed by atoms with van der Waals surface area (Å²) in [6, 6.07) is 12.3. The Hall–Kier alpha value is -2.86. The number of hydrazone groups is 1. The molecule has 0 spiro atoms. The van der Waals surface area contributed by atoms with Crippen LogP contribution in [0, 0.1) is 6.92 Å². The average molecular weight is 374 g/mol. The second kappa shape index (κ2) is 9.58. The number of aryl methyl sites for hydroxylation is 1. The molecule has 2 amide bonds. The lowest BCUT2D eigenvalue weighted by molar-refractivity contribution is -0.136. The lowest BCUT2D eigenvalue weighted by Crippen LogP contribution is -2.32. The third-order valence-electron chi connectivity index (χ3n) is 3.40. The fourth-order valence-corrected chi connectivity index (χ4v) is 2.25. The van der Waals surface area contributed by atoms with Crippen LogP contribution in [-0.4, -0.2) is 24.6 Å². The first kappa shape index (κ1) is 19.5. The molecule has 0 saturated heterocycles. The van der Waals surface area contributed by atoms with E-state index in [0.717, 1.165) is 12.0 Å². The molecule has 136 valence electrons. The Bertz CT molecular complexity index is 821. The van der Waals surface area contributed by atoms with Crippen LogP contribution in [0.3, 0.4) is 0 Å². The van der Waals surface area contributed by atoms with Gasteiger partial charge in [-0.2, -0.15) is 5.10 Å². The normalized spacial score (nSPS) is 10.6. The van der Waals surface area contributed by atoms with E-state index in [1.807, 2.05) is 26.0 Å². The monoisotopic (exact) mass is 373 g/mol. The summed E-state index contributed by atoms with van der Waals surface area (Å²) in [6.45, 7) is 4.38. The minimum atomic E-state index is -0.873. The zero-order valence-corrected chi connectivity index (χ0v) is 15.3. The molecule has 26 heavy (non-hydrogen) atoms. The number of ether oxygens (including phenoxy) is 1. The molecule has 0 heterocycles. The molecule has 0 fully saturated rings. The van der Waals surface area contributed by atoms with Gasteiger partial charge in [0.15, 0.2) is 0 Å². The number of benzene rings is 2. The summed E-state index contributed by atoms with van der Waals surface area (Å²) >= 11 is 5.98. The molecule has 0 bridgehead atoms. The maximum absolute atomic E-state index is 11.9. The van der Waals surface area contributed by atoms with Crippen LogP contribution in [0.1, 0.15) is 24.5 Å². The Balaban J connectivity index is 1.99. The van der Waals surface area contributed by atoms with Crippen LogP contribution < -0.4 is 15.5 Å². The van der Waals surface area contributed by atoms with Gasteiger partial charge in [0.2, 0.25) is 0 Å². The van der Waals surface area contributed by atoms with E-state index in [2.05, 4.69) is 15.8 Å². The second-order valence-electron chi connectivity index (χ2n) is 5.50. The van der Waals surface area contributed by atoms with Crippen LogP contribution >= 0.6 is 11.6 Å². The summed E-state index contributed by atoms with van der Waals surface area (Å²) in [7, 11) is 0. The van der Waals surface area contributed by atoms with E-state index >= 15 is 0 Å². The maximum Gasteiger partial charge on any atom is 0.329 e. The van der Waals surface area contributed by atoms with Gasteiger partial charge in [-0.05, 0) is 43.2 Å². The van der Waals surface area contributed by atoms with E-state index in [1.54, 1.807) is 30.3 Å². The van der Waals surface area contributed by atoms with E-state index in [1.165, 1.54) is 6.21 Å². The molecule has 2 aromatic rings. The van der Waals surface area contributed by atoms with E-state index in [9.17, 15) is 9.59 Å². The van der Waals surface area contributed by atoms with Crippen LogP contribution in [-0.2, 0) is 9.59 Å². The number of hydrogen-bond donors (Lipinski definition) is 2. The highest BCUT2D eigenvalue weighted by Crippen LogP contribution is 2.21. The molecule has 0 aliphatic carbocycles. The first-order valence-electron chi connectivity index (χ1n) is 8.13. The molecule has 0 aliphatic rings. The fraction of sp³-hybridized carbons (Fsp3) is 0.211. The van der Waals surface area contributed by atoms with Gasteiger partial charge in [-0.3, -0.25) is 9.59 Å². The van der Waals surface area contributed by atoms with Crippen molar-refractivity contribution in [3.05, 3.63) is 58.6 Å². The van der Waals surface area contributed by atoms with Gasteiger partial charge in [0.05, 0.1) is 12.8 Å². The van der Waals surface area contributed by atoms with Crippen molar-refractivity contribution in [2.75, 3.05) is 11.9 Å². The van der Waals surface area contributed by atoms with Crippen molar-refractivity contribution in [3.63, 3.8) is 0 Å². The molecule has 0 atom stereocenters. The Labute approximate surface area is 157 Å². The van der Waals surface area contributed by atoms with Crippen molar-refractivity contribution in [2.24, 2.45) is 5.10 Å². The fourth-order valence-electron chi connectivity index (χ4n) is 2.07. The third-order valence-corrected chi connectivity index (χ3v) is 3.64. The molecule has 0 aliphatic heterocycles. The van der Waals surface area contributed by atoms with Gasteiger partial charge in [0.1, 0.15) is 5.75 Å². The van der Waals surface area contributed by atoms with Gasteiger partial charge in [-0.25, -0.2) is 5.43 Å². The van der Waals surface area contributed by atoms with Gasteiger partial charge in [-0.1, -0.05) is 36.7 Å². The highest BCUT2D eigenvalue weighted by atomic mass is 35.5. The number of anilines is 1. The minimum absolute atomic E-state index is 0.513. The van der Waals surface area contributed by atoms with Crippen LogP contribution in [0.25, 0.3) is 0 Å². The van der Waals surface area contributed by atoms with Gasteiger partial charge >= 0.3 is 11.8 Å². The van der Waals surface area contributed by atoms with Crippen molar-refractivity contribution in [3.8, 4) is 5.75 Å². The van der Waals surface area contributed by atoms with Gasteiger partial charge in [0, 0.05) is 16.3 Å². The van der Waals surface area contributed by atoms with Crippen molar-refractivity contribution in [2.45, 2.75) is 20.3 Å². The van der Waals surface area contributed by atoms with E-state index in [4.69, 9.17) is 16.3 Å². The first-order chi connectivity index (χ1) is 12.5. The number of amides is 2. The first-order valence-corrected chi connectivity index (χ1v) is 8.51. The number of hydrogen-bond acceptors (Lipinski definition) is 4. The lowest BCUT2D eigenvalue weighted by atomic mass is 10.2. The largest absolute Gasteiger partial charge is 0.493 e. The molecule has 0 unspecified atom stereocenters. The number of para-hydroxylation sites is 1. The topological polar surface area (TPSA) is 79.8 Å². The predicted octanol–water partition coefficient (Wildman–Crippen LogP) is 3.53. The standard InChI is InChI=1S/C19H20ClN3O3/c1-3-10-26-17-9-8-15(20)11-14(17)12-21-23-19(25)18(24)22-16-7-5-4-6-13(16)2/h4-9,11-12H,3,10H2,1-2H3,(H,22,24)(H,23,25)/b21-12-. The van der Waals surface area contributed by atoms with Crippen LogP contribution in [0.2, 0.25) is 5.02 Å². The van der Waals surface area contributed by atoms with E-state index in [0.29, 0.717) is 28.6 Å². The number of nitrogens with one attached hydrogen (secondary N) is 2. The predicted molar refractivity (Wildman–Crippen MR) is 103 cm³/mol. The highest BCUT2D eigenvalue weighted by Gasteiger charge is 2.13. The molecule has 2 N–H and O–H groups in total. The van der Waals surface area contributed by atoms with Crippen LogP contribution in [0.5, 0.6) is 5.75 Å². The molecule has 2 aromatic carbocycles. The molecule has 0 aromatic heterocycles. The van der Waals surface area contributed by atoms with Crippen LogP contribution in [0.15, 0.2) is 47.6 Å².